The topological polar surface area (TPSA) is 100 Å². The molecule has 1 aromatic heterocycles. The zero-order valence-electron chi connectivity index (χ0n) is 19.2. The Bertz CT molecular complexity index is 1290. The summed E-state index contributed by atoms with van der Waals surface area (Å²) in [5, 5.41) is 15.3. The average molecular weight is 496 g/mol. The summed E-state index contributed by atoms with van der Waals surface area (Å²) in [4.78, 5) is 12.8. The van der Waals surface area contributed by atoms with Crippen molar-refractivity contribution in [3.05, 3.63) is 77.6 Å². The van der Waals surface area contributed by atoms with Gasteiger partial charge in [-0.05, 0) is 52.4 Å². The monoisotopic (exact) mass is 495 g/mol. The first-order valence-electron chi connectivity index (χ1n) is 10.4. The maximum Gasteiger partial charge on any atom is 0.255 e. The molecular weight excluding hydrogens is 473 g/mol. The first-order chi connectivity index (χ1) is 17.0. The first kappa shape index (κ1) is 24.0. The fraction of sp³-hybridized carbons (Fsp3) is 0.167. The van der Waals surface area contributed by atoms with Crippen molar-refractivity contribution in [3.8, 4) is 22.9 Å². The van der Waals surface area contributed by atoms with Gasteiger partial charge in [0.25, 0.3) is 5.91 Å². The normalized spacial score (nSPS) is 10.6. The van der Waals surface area contributed by atoms with Gasteiger partial charge in [0.05, 0.1) is 27.0 Å². The highest BCUT2D eigenvalue weighted by molar-refractivity contribution is 7.98. The molecule has 180 valence electrons. The van der Waals surface area contributed by atoms with Gasteiger partial charge in [0.2, 0.25) is 10.9 Å². The Morgan fingerprint density at radius 3 is 2.23 bits per heavy atom. The number of halogens is 1. The lowest BCUT2D eigenvalue weighted by molar-refractivity contribution is 0.102. The van der Waals surface area contributed by atoms with E-state index in [-0.39, 0.29) is 11.7 Å². The van der Waals surface area contributed by atoms with E-state index >= 15 is 0 Å². The van der Waals surface area contributed by atoms with Gasteiger partial charge in [-0.15, -0.1) is 5.10 Å². The Morgan fingerprint density at radius 1 is 0.971 bits per heavy atom. The van der Waals surface area contributed by atoms with Crippen molar-refractivity contribution in [2.75, 3.05) is 26.6 Å². The molecule has 35 heavy (non-hydrogen) atoms. The Labute approximate surface area is 205 Å². The number of aromatic nitrogens is 4. The lowest BCUT2D eigenvalue weighted by Gasteiger charge is -2.14. The van der Waals surface area contributed by atoms with Gasteiger partial charge in [0.1, 0.15) is 5.82 Å². The van der Waals surface area contributed by atoms with Gasteiger partial charge in [-0.3, -0.25) is 4.79 Å². The highest BCUT2D eigenvalue weighted by Gasteiger charge is 2.16. The zero-order chi connectivity index (χ0) is 24.8. The highest BCUT2D eigenvalue weighted by atomic mass is 32.2. The van der Waals surface area contributed by atoms with Gasteiger partial charge in [-0.2, -0.15) is 4.68 Å². The number of carbonyl (C=O) groups is 1. The summed E-state index contributed by atoms with van der Waals surface area (Å²) < 4.78 is 30.7. The van der Waals surface area contributed by atoms with Crippen molar-refractivity contribution in [2.24, 2.45) is 0 Å². The van der Waals surface area contributed by atoms with Crippen molar-refractivity contribution in [1.82, 2.24) is 20.2 Å². The van der Waals surface area contributed by atoms with Crippen molar-refractivity contribution in [2.45, 2.75) is 10.9 Å². The van der Waals surface area contributed by atoms with Crippen LogP contribution in [0, 0.1) is 5.82 Å². The molecule has 0 unspecified atom stereocenters. The lowest BCUT2D eigenvalue weighted by Crippen LogP contribution is -2.12. The van der Waals surface area contributed by atoms with E-state index in [4.69, 9.17) is 14.2 Å². The first-order valence-corrected chi connectivity index (χ1v) is 11.4. The van der Waals surface area contributed by atoms with E-state index in [0.29, 0.717) is 45.1 Å². The number of ether oxygens (including phenoxy) is 3. The summed E-state index contributed by atoms with van der Waals surface area (Å²) >= 11 is 1.42. The Morgan fingerprint density at radius 2 is 1.63 bits per heavy atom. The van der Waals surface area contributed by atoms with Crippen molar-refractivity contribution in [1.29, 1.82) is 0 Å². The molecule has 1 heterocycles. The molecule has 0 aliphatic heterocycles. The van der Waals surface area contributed by atoms with Crippen LogP contribution >= 0.6 is 11.8 Å². The third-order valence-electron chi connectivity index (χ3n) is 5.02. The number of benzene rings is 3. The SMILES string of the molecule is COc1cc(NC(=O)c2ccc(-n3nnnc3SCc3ccc(F)cc3)cc2)cc(OC)c1OC. The number of amides is 1. The number of rotatable bonds is 9. The van der Waals surface area contributed by atoms with Crippen LogP contribution in [0.4, 0.5) is 10.1 Å². The Balaban J connectivity index is 1.47. The number of anilines is 1. The quantitative estimate of drug-likeness (QED) is 0.342. The molecule has 0 aliphatic carbocycles. The van der Waals surface area contributed by atoms with Gasteiger partial charge < -0.3 is 19.5 Å². The molecule has 0 fully saturated rings. The summed E-state index contributed by atoms with van der Waals surface area (Å²) in [6.45, 7) is 0. The third-order valence-corrected chi connectivity index (χ3v) is 6.01. The number of hydrogen-bond donors (Lipinski definition) is 1. The molecule has 0 aliphatic rings. The molecule has 0 bridgehead atoms. The number of nitrogens with zero attached hydrogens (tertiary/aromatic N) is 4. The van der Waals surface area contributed by atoms with Crippen LogP contribution in [0.1, 0.15) is 15.9 Å². The van der Waals surface area contributed by atoms with Crippen LogP contribution in [0.5, 0.6) is 17.2 Å². The molecule has 4 rings (SSSR count). The summed E-state index contributed by atoms with van der Waals surface area (Å²) in [7, 11) is 4.52. The minimum atomic E-state index is -0.312. The van der Waals surface area contributed by atoms with Gasteiger partial charge in [0.15, 0.2) is 11.5 Å². The number of tetrazole rings is 1. The van der Waals surface area contributed by atoms with Crippen LogP contribution in [-0.2, 0) is 5.75 Å². The second kappa shape index (κ2) is 10.9. The molecule has 0 radical (unpaired) electrons. The van der Waals surface area contributed by atoms with Crippen molar-refractivity contribution < 1.29 is 23.4 Å². The van der Waals surface area contributed by atoms with Crippen LogP contribution in [0.25, 0.3) is 5.69 Å². The largest absolute Gasteiger partial charge is 0.493 e. The number of carbonyl (C=O) groups excluding carboxylic acids is 1. The molecule has 0 atom stereocenters. The molecule has 11 heteroatoms. The molecule has 0 saturated carbocycles. The van der Waals surface area contributed by atoms with E-state index in [1.807, 2.05) is 0 Å². The fourth-order valence-electron chi connectivity index (χ4n) is 3.27. The second-order valence-corrected chi connectivity index (χ2v) is 8.15. The van der Waals surface area contributed by atoms with E-state index in [2.05, 4.69) is 20.8 Å². The minimum absolute atomic E-state index is 0.280. The summed E-state index contributed by atoms with van der Waals surface area (Å²) in [6, 6.07) is 16.4. The maximum atomic E-state index is 13.1. The fourth-order valence-corrected chi connectivity index (χ4v) is 4.12. The van der Waals surface area contributed by atoms with Crippen LogP contribution in [-0.4, -0.2) is 47.4 Å². The summed E-state index contributed by atoms with van der Waals surface area (Å²) in [5.74, 6) is 1.29. The summed E-state index contributed by atoms with van der Waals surface area (Å²) in [6.07, 6.45) is 0. The van der Waals surface area contributed by atoms with E-state index in [9.17, 15) is 9.18 Å². The zero-order valence-corrected chi connectivity index (χ0v) is 20.0. The van der Waals surface area contributed by atoms with Crippen LogP contribution < -0.4 is 19.5 Å². The smallest absolute Gasteiger partial charge is 0.255 e. The van der Waals surface area contributed by atoms with E-state index in [1.165, 1.54) is 45.2 Å². The maximum absolute atomic E-state index is 13.1. The second-order valence-electron chi connectivity index (χ2n) is 7.20. The minimum Gasteiger partial charge on any atom is -0.493 e. The highest BCUT2D eigenvalue weighted by Crippen LogP contribution is 2.40. The predicted molar refractivity (Wildman–Crippen MR) is 129 cm³/mol. The third kappa shape index (κ3) is 5.52. The molecular formula is C24H22FN5O4S. The van der Waals surface area contributed by atoms with Crippen LogP contribution in [0.3, 0.4) is 0 Å². The molecule has 1 amide bonds. The van der Waals surface area contributed by atoms with Gasteiger partial charge >= 0.3 is 0 Å². The van der Waals surface area contributed by atoms with Crippen LogP contribution in [0.15, 0.2) is 65.8 Å². The number of nitrogens with one attached hydrogen (secondary N) is 1. The van der Waals surface area contributed by atoms with E-state index in [1.54, 1.807) is 53.2 Å². The molecule has 0 spiro atoms. The van der Waals surface area contributed by atoms with Crippen molar-refractivity contribution in [3.63, 3.8) is 0 Å². The Kier molecular flexibility index (Phi) is 7.46. The van der Waals surface area contributed by atoms with Gasteiger partial charge in [-0.1, -0.05) is 23.9 Å². The van der Waals surface area contributed by atoms with E-state index < -0.39 is 0 Å². The predicted octanol–water partition coefficient (Wildman–Crippen LogP) is 4.37. The van der Waals surface area contributed by atoms with Gasteiger partial charge in [0, 0.05) is 29.1 Å². The van der Waals surface area contributed by atoms with Crippen molar-refractivity contribution >= 4 is 23.4 Å². The van der Waals surface area contributed by atoms with Crippen LogP contribution in [0.2, 0.25) is 0 Å². The molecule has 9 nitrogen and oxygen atoms in total. The summed E-state index contributed by atoms with van der Waals surface area (Å²) in [5.41, 5.74) is 2.58. The molecule has 3 aromatic carbocycles. The van der Waals surface area contributed by atoms with E-state index in [0.717, 1.165) is 5.56 Å². The average Bonchev–Trinajstić information content (AvgIpc) is 3.36. The standard InChI is InChI=1S/C24H22FN5O4S/c1-32-20-12-18(13-21(33-2)22(20)34-3)26-23(31)16-6-10-19(11-7-16)30-24(27-28-29-30)35-14-15-4-8-17(25)9-5-15/h4-13H,14H2,1-3H3,(H,26,31). The number of methoxy groups -OCH3 is 3. The number of thioether (sulfide) groups is 1. The Hall–Kier alpha value is -4.12. The molecule has 0 saturated heterocycles. The molecule has 1 N–H and O–H groups in total. The lowest BCUT2D eigenvalue weighted by atomic mass is 10.2. The van der Waals surface area contributed by atoms with Gasteiger partial charge in [-0.25, -0.2) is 4.39 Å². The molecule has 4 aromatic rings. The number of hydrogen-bond acceptors (Lipinski definition) is 8.